The molecule has 6 heteroatoms. The molecule has 1 N–H and O–H groups in total. The van der Waals surface area contributed by atoms with Gasteiger partial charge in [0.15, 0.2) is 5.82 Å². The SMILES string of the molecule is c1ccc(-c2nc(=NCCC3CNCCO3)sn2-c2ccccc2)cc1. The maximum Gasteiger partial charge on any atom is 0.223 e. The monoisotopic (exact) mass is 366 g/mol. The summed E-state index contributed by atoms with van der Waals surface area (Å²) in [6.45, 7) is 3.36. The molecule has 134 valence electrons. The van der Waals surface area contributed by atoms with Crippen LogP contribution < -0.4 is 10.1 Å². The van der Waals surface area contributed by atoms with Crippen molar-refractivity contribution in [2.45, 2.75) is 12.5 Å². The van der Waals surface area contributed by atoms with E-state index in [9.17, 15) is 0 Å². The van der Waals surface area contributed by atoms with E-state index in [2.05, 4.69) is 33.5 Å². The van der Waals surface area contributed by atoms with Crippen LogP contribution in [0.5, 0.6) is 0 Å². The van der Waals surface area contributed by atoms with Crippen molar-refractivity contribution in [2.24, 2.45) is 4.99 Å². The van der Waals surface area contributed by atoms with Gasteiger partial charge in [-0.2, -0.15) is 4.98 Å². The fraction of sp³-hybridized carbons (Fsp3) is 0.300. The molecule has 1 saturated heterocycles. The molecule has 2 heterocycles. The van der Waals surface area contributed by atoms with Crippen molar-refractivity contribution >= 4 is 11.5 Å². The summed E-state index contributed by atoms with van der Waals surface area (Å²) in [6.07, 6.45) is 1.17. The molecular weight excluding hydrogens is 344 g/mol. The van der Waals surface area contributed by atoms with E-state index in [0.717, 1.165) is 54.5 Å². The maximum atomic E-state index is 5.74. The van der Waals surface area contributed by atoms with Gasteiger partial charge in [0.2, 0.25) is 4.80 Å². The molecule has 1 atom stereocenters. The van der Waals surface area contributed by atoms with Crippen molar-refractivity contribution < 1.29 is 4.74 Å². The molecule has 0 amide bonds. The zero-order chi connectivity index (χ0) is 17.6. The standard InChI is InChI=1S/C20H22N4OS/c1-3-7-16(8-4-1)19-23-20(22-12-11-18-15-21-13-14-25-18)26-24(19)17-9-5-2-6-10-17/h1-10,18,21H,11-15H2. The summed E-state index contributed by atoms with van der Waals surface area (Å²) in [7, 11) is 0. The maximum absolute atomic E-state index is 5.74. The molecule has 1 fully saturated rings. The highest BCUT2D eigenvalue weighted by Gasteiger charge is 2.13. The Bertz CT molecular complexity index is 823. The van der Waals surface area contributed by atoms with E-state index >= 15 is 0 Å². The van der Waals surface area contributed by atoms with Crippen molar-refractivity contribution in [3.8, 4) is 17.1 Å². The van der Waals surface area contributed by atoms with Crippen LogP contribution in [0.25, 0.3) is 17.1 Å². The number of aromatic nitrogens is 2. The van der Waals surface area contributed by atoms with Crippen molar-refractivity contribution in [3.63, 3.8) is 0 Å². The lowest BCUT2D eigenvalue weighted by atomic mass is 10.2. The van der Waals surface area contributed by atoms with Crippen LogP contribution in [0, 0.1) is 0 Å². The largest absolute Gasteiger partial charge is 0.376 e. The Kier molecular flexibility index (Phi) is 5.54. The van der Waals surface area contributed by atoms with Crippen molar-refractivity contribution in [1.82, 2.24) is 14.3 Å². The van der Waals surface area contributed by atoms with Gasteiger partial charge in [0.05, 0.1) is 18.4 Å². The Balaban J connectivity index is 1.61. The second-order valence-corrected chi connectivity index (χ2v) is 7.09. The predicted molar refractivity (Wildman–Crippen MR) is 105 cm³/mol. The minimum Gasteiger partial charge on any atom is -0.376 e. The van der Waals surface area contributed by atoms with Crippen LogP contribution in [0.15, 0.2) is 65.7 Å². The average Bonchev–Trinajstić information content (AvgIpc) is 3.14. The third-order valence-corrected chi connectivity index (χ3v) is 5.24. The van der Waals surface area contributed by atoms with E-state index in [4.69, 9.17) is 14.7 Å². The van der Waals surface area contributed by atoms with Gasteiger partial charge in [0.25, 0.3) is 0 Å². The molecule has 1 aliphatic rings. The van der Waals surface area contributed by atoms with Gasteiger partial charge in [-0.15, -0.1) is 0 Å². The molecule has 3 aromatic rings. The van der Waals surface area contributed by atoms with E-state index in [1.807, 2.05) is 36.4 Å². The molecular formula is C20H22N4OS. The summed E-state index contributed by atoms with van der Waals surface area (Å²) in [5, 5.41) is 3.36. The zero-order valence-corrected chi connectivity index (χ0v) is 15.4. The molecule has 26 heavy (non-hydrogen) atoms. The highest BCUT2D eigenvalue weighted by molar-refractivity contribution is 7.04. The van der Waals surface area contributed by atoms with Gasteiger partial charge in [-0.05, 0) is 30.1 Å². The number of morpholine rings is 1. The van der Waals surface area contributed by atoms with Crippen LogP contribution in [-0.2, 0) is 4.74 Å². The third-order valence-electron chi connectivity index (χ3n) is 4.29. The summed E-state index contributed by atoms with van der Waals surface area (Å²) in [6, 6.07) is 20.6. The van der Waals surface area contributed by atoms with E-state index < -0.39 is 0 Å². The Hall–Kier alpha value is -2.28. The molecule has 0 spiro atoms. The van der Waals surface area contributed by atoms with Gasteiger partial charge < -0.3 is 10.1 Å². The molecule has 1 unspecified atom stereocenters. The highest BCUT2D eigenvalue weighted by atomic mass is 32.1. The normalized spacial score (nSPS) is 18.2. The Morgan fingerprint density at radius 2 is 1.88 bits per heavy atom. The third kappa shape index (κ3) is 4.09. The Morgan fingerprint density at radius 1 is 1.12 bits per heavy atom. The van der Waals surface area contributed by atoms with Crippen LogP contribution in [0.2, 0.25) is 0 Å². The van der Waals surface area contributed by atoms with Crippen LogP contribution >= 0.6 is 11.5 Å². The Morgan fingerprint density at radius 3 is 2.62 bits per heavy atom. The molecule has 4 rings (SSSR count). The molecule has 2 aromatic carbocycles. The van der Waals surface area contributed by atoms with Crippen molar-refractivity contribution in [1.29, 1.82) is 0 Å². The topological polar surface area (TPSA) is 51.4 Å². The van der Waals surface area contributed by atoms with Crippen LogP contribution in [-0.4, -0.2) is 41.3 Å². The van der Waals surface area contributed by atoms with Gasteiger partial charge in [0.1, 0.15) is 0 Å². The smallest absolute Gasteiger partial charge is 0.223 e. The fourth-order valence-corrected chi connectivity index (χ4v) is 3.86. The molecule has 0 bridgehead atoms. The second-order valence-electron chi connectivity index (χ2n) is 6.17. The van der Waals surface area contributed by atoms with Crippen LogP contribution in [0.4, 0.5) is 0 Å². The van der Waals surface area contributed by atoms with Crippen LogP contribution in [0.3, 0.4) is 0 Å². The lowest BCUT2D eigenvalue weighted by Crippen LogP contribution is -2.38. The molecule has 0 aliphatic carbocycles. The first-order valence-corrected chi connectivity index (χ1v) is 9.71. The first-order valence-electron chi connectivity index (χ1n) is 8.94. The number of nitrogens with zero attached hydrogens (tertiary/aromatic N) is 3. The lowest BCUT2D eigenvalue weighted by molar-refractivity contribution is 0.0251. The number of rotatable bonds is 5. The van der Waals surface area contributed by atoms with E-state index in [1.54, 1.807) is 11.5 Å². The zero-order valence-electron chi connectivity index (χ0n) is 14.5. The summed E-state index contributed by atoms with van der Waals surface area (Å²) >= 11 is 1.58. The molecule has 1 aromatic heterocycles. The van der Waals surface area contributed by atoms with Crippen molar-refractivity contribution in [2.75, 3.05) is 26.2 Å². The van der Waals surface area contributed by atoms with E-state index in [1.165, 1.54) is 0 Å². The first kappa shape index (κ1) is 17.1. The summed E-state index contributed by atoms with van der Waals surface area (Å²) in [5.74, 6) is 0.927. The fourth-order valence-electron chi connectivity index (χ4n) is 2.96. The Labute approximate surface area is 157 Å². The van der Waals surface area contributed by atoms with Gasteiger partial charge >= 0.3 is 0 Å². The number of ether oxygens (including phenoxy) is 1. The quantitative estimate of drug-likeness (QED) is 0.755. The predicted octanol–water partition coefficient (Wildman–Crippen LogP) is 2.88. The van der Waals surface area contributed by atoms with Gasteiger partial charge in [-0.1, -0.05) is 48.5 Å². The number of benzene rings is 2. The van der Waals surface area contributed by atoms with E-state index in [0.29, 0.717) is 0 Å². The molecule has 0 radical (unpaired) electrons. The number of nitrogens with one attached hydrogen (secondary N) is 1. The lowest BCUT2D eigenvalue weighted by Gasteiger charge is -2.22. The number of para-hydroxylation sites is 1. The molecule has 1 aliphatic heterocycles. The summed E-state index contributed by atoms with van der Waals surface area (Å²) in [5.41, 5.74) is 2.19. The average molecular weight is 366 g/mol. The minimum atomic E-state index is 0.252. The first-order chi connectivity index (χ1) is 12.9. The number of hydrogen-bond acceptors (Lipinski definition) is 5. The number of hydrogen-bond donors (Lipinski definition) is 1. The highest BCUT2D eigenvalue weighted by Crippen LogP contribution is 2.21. The minimum absolute atomic E-state index is 0.252. The van der Waals surface area contributed by atoms with Gasteiger partial charge in [-0.3, -0.25) is 4.99 Å². The molecule has 5 nitrogen and oxygen atoms in total. The van der Waals surface area contributed by atoms with Crippen molar-refractivity contribution in [3.05, 3.63) is 65.5 Å². The van der Waals surface area contributed by atoms with Gasteiger partial charge in [-0.25, -0.2) is 3.96 Å². The van der Waals surface area contributed by atoms with Crippen LogP contribution in [0.1, 0.15) is 6.42 Å². The second kappa shape index (κ2) is 8.40. The van der Waals surface area contributed by atoms with E-state index in [-0.39, 0.29) is 6.10 Å². The van der Waals surface area contributed by atoms with Gasteiger partial charge in [0, 0.05) is 25.2 Å². The summed E-state index contributed by atoms with van der Waals surface area (Å²) in [4.78, 5) is 10.3. The summed E-state index contributed by atoms with van der Waals surface area (Å²) < 4.78 is 7.88. The molecule has 0 saturated carbocycles.